The molecule has 23 heavy (non-hydrogen) atoms. The molecule has 1 N–H and O–H groups in total. The molecule has 2 rings (SSSR count). The molecule has 6 nitrogen and oxygen atoms in total. The van der Waals surface area contributed by atoms with Crippen LogP contribution in [0.3, 0.4) is 0 Å². The maximum absolute atomic E-state index is 12.1. The van der Waals surface area contributed by atoms with E-state index in [1.165, 1.54) is 0 Å². The van der Waals surface area contributed by atoms with E-state index in [0.717, 1.165) is 28.8 Å². The fourth-order valence-electron chi connectivity index (χ4n) is 2.31. The second kappa shape index (κ2) is 7.97. The van der Waals surface area contributed by atoms with Crippen LogP contribution in [-0.4, -0.2) is 32.0 Å². The molecule has 0 bridgehead atoms. The minimum atomic E-state index is -0.134. The van der Waals surface area contributed by atoms with Gasteiger partial charge >= 0.3 is 0 Å². The Kier molecular flexibility index (Phi) is 6.24. The zero-order chi connectivity index (χ0) is 17.0. The lowest BCUT2D eigenvalue weighted by atomic mass is 10.1. The van der Waals surface area contributed by atoms with Crippen LogP contribution in [0.15, 0.2) is 16.9 Å². The van der Waals surface area contributed by atoms with Gasteiger partial charge in [-0.15, -0.1) is 0 Å². The highest BCUT2D eigenvalue weighted by atomic mass is 79.9. The predicted octanol–water partition coefficient (Wildman–Crippen LogP) is 2.95. The van der Waals surface area contributed by atoms with Crippen LogP contribution in [-0.2, 0) is 17.9 Å². The summed E-state index contributed by atoms with van der Waals surface area (Å²) in [7, 11) is 0. The van der Waals surface area contributed by atoms with Gasteiger partial charge in [0.25, 0.3) is 0 Å². The second-order valence-electron chi connectivity index (χ2n) is 5.63. The summed E-state index contributed by atoms with van der Waals surface area (Å²) >= 11 is 9.46. The topological polar surface area (TPSA) is 64.7 Å². The molecule has 1 unspecified atom stereocenters. The summed E-state index contributed by atoms with van der Waals surface area (Å²) in [6.45, 7) is 7.65. The van der Waals surface area contributed by atoms with Crippen molar-refractivity contribution in [1.82, 2.24) is 24.9 Å². The monoisotopic (exact) mass is 401 g/mol. The Bertz CT molecular complexity index is 681. The molecular weight excluding hydrogens is 382 g/mol. The number of rotatable bonds is 7. The van der Waals surface area contributed by atoms with Gasteiger partial charge in [-0.25, -0.2) is 0 Å². The molecule has 0 aliphatic rings. The standard InChI is InChI=1S/C15H21BrClN5O/c1-10(8-21-9-13(16)7-19-21)15(23)18-5-4-6-22-12(3)14(17)11(2)20-22/h7,9-10H,4-6,8H2,1-3H3,(H,18,23). The Morgan fingerprint density at radius 1 is 1.48 bits per heavy atom. The lowest BCUT2D eigenvalue weighted by Gasteiger charge is -2.12. The minimum absolute atomic E-state index is 0.0306. The van der Waals surface area contributed by atoms with E-state index in [9.17, 15) is 4.79 Å². The van der Waals surface area contributed by atoms with E-state index in [-0.39, 0.29) is 11.8 Å². The van der Waals surface area contributed by atoms with Gasteiger partial charge in [-0.05, 0) is 36.2 Å². The van der Waals surface area contributed by atoms with Gasteiger partial charge in [-0.2, -0.15) is 10.2 Å². The maximum Gasteiger partial charge on any atom is 0.224 e. The van der Waals surface area contributed by atoms with E-state index in [1.807, 2.05) is 31.6 Å². The number of hydrogen-bond donors (Lipinski definition) is 1. The number of nitrogens with one attached hydrogen (secondary N) is 1. The Labute approximate surface area is 149 Å². The first-order valence-electron chi connectivity index (χ1n) is 7.53. The van der Waals surface area contributed by atoms with Crippen LogP contribution < -0.4 is 5.32 Å². The molecule has 126 valence electrons. The lowest BCUT2D eigenvalue weighted by molar-refractivity contribution is -0.124. The minimum Gasteiger partial charge on any atom is -0.356 e. The van der Waals surface area contributed by atoms with Crippen molar-refractivity contribution in [1.29, 1.82) is 0 Å². The summed E-state index contributed by atoms with van der Waals surface area (Å²) in [5.41, 5.74) is 1.81. The molecule has 0 fully saturated rings. The molecule has 0 aromatic carbocycles. The van der Waals surface area contributed by atoms with E-state index >= 15 is 0 Å². The molecule has 1 atom stereocenters. The zero-order valence-corrected chi connectivity index (χ0v) is 15.9. The summed E-state index contributed by atoms with van der Waals surface area (Å²) in [4.78, 5) is 12.1. The Hall–Kier alpha value is -1.34. The first kappa shape index (κ1) is 18.0. The van der Waals surface area contributed by atoms with Crippen molar-refractivity contribution in [3.63, 3.8) is 0 Å². The molecule has 2 aromatic rings. The van der Waals surface area contributed by atoms with E-state index < -0.39 is 0 Å². The number of hydrogen-bond acceptors (Lipinski definition) is 3. The smallest absolute Gasteiger partial charge is 0.224 e. The van der Waals surface area contributed by atoms with Gasteiger partial charge in [0.2, 0.25) is 5.91 Å². The van der Waals surface area contributed by atoms with E-state index in [1.54, 1.807) is 10.9 Å². The van der Waals surface area contributed by atoms with Crippen molar-refractivity contribution in [3.05, 3.63) is 33.3 Å². The van der Waals surface area contributed by atoms with Crippen molar-refractivity contribution in [2.24, 2.45) is 5.92 Å². The van der Waals surface area contributed by atoms with Crippen LogP contribution in [0.4, 0.5) is 0 Å². The molecule has 8 heteroatoms. The van der Waals surface area contributed by atoms with Gasteiger partial charge in [0.05, 0.1) is 39.5 Å². The number of carbonyl (C=O) groups excluding carboxylic acids is 1. The van der Waals surface area contributed by atoms with E-state index in [2.05, 4.69) is 31.4 Å². The molecule has 0 aliphatic heterocycles. The van der Waals surface area contributed by atoms with Crippen LogP contribution in [0.2, 0.25) is 5.02 Å². The number of amides is 1. The summed E-state index contributed by atoms with van der Waals surface area (Å²) < 4.78 is 4.55. The average molecular weight is 403 g/mol. The number of aromatic nitrogens is 4. The number of aryl methyl sites for hydroxylation is 2. The Morgan fingerprint density at radius 3 is 2.78 bits per heavy atom. The molecule has 2 aromatic heterocycles. The quantitative estimate of drug-likeness (QED) is 0.724. The third-order valence-electron chi connectivity index (χ3n) is 3.65. The summed E-state index contributed by atoms with van der Waals surface area (Å²) in [6, 6.07) is 0. The zero-order valence-electron chi connectivity index (χ0n) is 13.5. The summed E-state index contributed by atoms with van der Waals surface area (Å²) in [5.74, 6) is -0.104. The van der Waals surface area contributed by atoms with Crippen molar-refractivity contribution in [3.8, 4) is 0 Å². The fourth-order valence-corrected chi connectivity index (χ4v) is 2.77. The van der Waals surface area contributed by atoms with Crippen molar-refractivity contribution in [2.45, 2.75) is 40.3 Å². The molecule has 1 amide bonds. The number of halogens is 2. The largest absolute Gasteiger partial charge is 0.356 e. The van der Waals surface area contributed by atoms with Gasteiger partial charge in [-0.3, -0.25) is 14.2 Å². The van der Waals surface area contributed by atoms with Crippen LogP contribution in [0, 0.1) is 19.8 Å². The third kappa shape index (κ3) is 4.81. The van der Waals surface area contributed by atoms with Crippen LogP contribution in [0.25, 0.3) is 0 Å². The SMILES string of the molecule is Cc1nn(CCCNC(=O)C(C)Cn2cc(Br)cn2)c(C)c1Cl. The highest BCUT2D eigenvalue weighted by molar-refractivity contribution is 9.10. The predicted molar refractivity (Wildman–Crippen MR) is 93.4 cm³/mol. The summed E-state index contributed by atoms with van der Waals surface area (Å²) in [6.07, 6.45) is 4.38. The highest BCUT2D eigenvalue weighted by Crippen LogP contribution is 2.18. The van der Waals surface area contributed by atoms with E-state index in [0.29, 0.717) is 18.1 Å². The molecule has 0 spiro atoms. The van der Waals surface area contributed by atoms with Crippen LogP contribution in [0.1, 0.15) is 24.7 Å². The van der Waals surface area contributed by atoms with Gasteiger partial charge in [0, 0.05) is 19.3 Å². The third-order valence-corrected chi connectivity index (χ3v) is 4.61. The maximum atomic E-state index is 12.1. The molecule has 0 radical (unpaired) electrons. The van der Waals surface area contributed by atoms with Gasteiger partial charge in [0.15, 0.2) is 0 Å². The van der Waals surface area contributed by atoms with Crippen LogP contribution in [0.5, 0.6) is 0 Å². The Balaban J connectivity index is 1.72. The normalized spacial score (nSPS) is 12.4. The molecule has 0 saturated carbocycles. The molecule has 2 heterocycles. The van der Waals surface area contributed by atoms with Gasteiger partial charge in [0.1, 0.15) is 0 Å². The van der Waals surface area contributed by atoms with Crippen molar-refractivity contribution in [2.75, 3.05) is 6.54 Å². The lowest BCUT2D eigenvalue weighted by Crippen LogP contribution is -2.32. The van der Waals surface area contributed by atoms with E-state index in [4.69, 9.17) is 11.6 Å². The number of nitrogens with zero attached hydrogens (tertiary/aromatic N) is 4. The van der Waals surface area contributed by atoms with Crippen molar-refractivity contribution >= 4 is 33.4 Å². The number of carbonyl (C=O) groups is 1. The Morgan fingerprint density at radius 2 is 2.22 bits per heavy atom. The van der Waals surface area contributed by atoms with Gasteiger partial charge in [-0.1, -0.05) is 18.5 Å². The van der Waals surface area contributed by atoms with Crippen molar-refractivity contribution < 1.29 is 4.79 Å². The second-order valence-corrected chi connectivity index (χ2v) is 6.93. The molecular formula is C15H21BrClN5O. The first-order chi connectivity index (χ1) is 10.9. The van der Waals surface area contributed by atoms with Crippen LogP contribution >= 0.6 is 27.5 Å². The molecule has 0 saturated heterocycles. The highest BCUT2D eigenvalue weighted by Gasteiger charge is 2.14. The summed E-state index contributed by atoms with van der Waals surface area (Å²) in [5, 5.41) is 12.2. The van der Waals surface area contributed by atoms with Gasteiger partial charge < -0.3 is 5.32 Å². The fraction of sp³-hybridized carbons (Fsp3) is 0.533. The molecule has 0 aliphatic carbocycles. The average Bonchev–Trinajstić information content (AvgIpc) is 3.02. The first-order valence-corrected chi connectivity index (χ1v) is 8.70.